The molecule has 2 fully saturated rings. The Balaban J connectivity index is 1.56. The number of piperazine rings is 1. The summed E-state index contributed by atoms with van der Waals surface area (Å²) in [6.07, 6.45) is 1.87. The van der Waals surface area contributed by atoms with E-state index in [0.717, 1.165) is 67.8 Å². The molecule has 0 aliphatic carbocycles. The van der Waals surface area contributed by atoms with Gasteiger partial charge in [0, 0.05) is 57.1 Å². The van der Waals surface area contributed by atoms with Crippen LogP contribution in [-0.4, -0.2) is 75.0 Å². The molecule has 2 aliphatic rings. The summed E-state index contributed by atoms with van der Waals surface area (Å²) in [6, 6.07) is 8.06. The summed E-state index contributed by atoms with van der Waals surface area (Å²) in [5.41, 5.74) is 5.23. The predicted molar refractivity (Wildman–Crippen MR) is 128 cm³/mol. The number of aromatic nitrogens is 1. The van der Waals surface area contributed by atoms with Gasteiger partial charge in [0.2, 0.25) is 0 Å². The maximum absolute atomic E-state index is 13.7. The van der Waals surface area contributed by atoms with Gasteiger partial charge in [-0.3, -0.25) is 4.79 Å². The number of carbonyl (C=O) groups excluding carboxylic acids is 1. The van der Waals surface area contributed by atoms with Crippen molar-refractivity contribution in [3.05, 3.63) is 53.9 Å². The minimum absolute atomic E-state index is 0.103. The predicted octanol–water partition coefficient (Wildman–Crippen LogP) is 3.10. The van der Waals surface area contributed by atoms with Crippen LogP contribution in [0.3, 0.4) is 0 Å². The third-order valence-electron chi connectivity index (χ3n) is 6.56. The summed E-state index contributed by atoms with van der Waals surface area (Å²) in [6.45, 7) is 14.8. The first-order chi connectivity index (χ1) is 15.6. The highest BCUT2D eigenvalue weighted by Gasteiger charge is 2.31. The summed E-state index contributed by atoms with van der Waals surface area (Å²) in [7, 11) is 1.70. The van der Waals surface area contributed by atoms with Crippen LogP contribution in [0.25, 0.3) is 0 Å². The molecule has 4 rings (SSSR count). The lowest BCUT2D eigenvalue weighted by molar-refractivity contribution is 0.0735. The lowest BCUT2D eigenvalue weighted by Crippen LogP contribution is -2.49. The average molecular weight is 439 g/mol. The summed E-state index contributed by atoms with van der Waals surface area (Å²) >= 11 is 0. The molecule has 3 heterocycles. The molecular weight excluding hydrogens is 404 g/mol. The maximum Gasteiger partial charge on any atom is 0.270 e. The van der Waals surface area contributed by atoms with Crippen molar-refractivity contribution in [3.63, 3.8) is 0 Å². The number of nitrogens with zero attached hydrogens (tertiary/aromatic N) is 4. The van der Waals surface area contributed by atoms with Crippen LogP contribution in [0.1, 0.15) is 21.7 Å². The van der Waals surface area contributed by atoms with Crippen LogP contribution in [0.4, 0.5) is 11.4 Å². The Labute approximate surface area is 190 Å². The van der Waals surface area contributed by atoms with E-state index in [2.05, 4.69) is 40.9 Å². The van der Waals surface area contributed by atoms with E-state index in [9.17, 15) is 4.79 Å². The van der Waals surface area contributed by atoms with E-state index in [0.29, 0.717) is 19.6 Å². The fourth-order valence-electron chi connectivity index (χ4n) is 4.96. The second-order valence-electron chi connectivity index (χ2n) is 8.36. The summed E-state index contributed by atoms with van der Waals surface area (Å²) in [5.74, 6) is 0.973. The van der Waals surface area contributed by atoms with E-state index < -0.39 is 0 Å². The molecule has 0 N–H and O–H groups in total. The first kappa shape index (κ1) is 22.3. The molecular formula is C25H34N4O3. The summed E-state index contributed by atoms with van der Waals surface area (Å²) < 4.78 is 13.2. The lowest BCUT2D eigenvalue weighted by Gasteiger charge is -2.36. The van der Waals surface area contributed by atoms with Gasteiger partial charge in [0.1, 0.15) is 11.4 Å². The molecule has 2 saturated heterocycles. The molecule has 1 aromatic heterocycles. The monoisotopic (exact) mass is 438 g/mol. The van der Waals surface area contributed by atoms with Crippen LogP contribution in [-0.2, 0) is 11.3 Å². The van der Waals surface area contributed by atoms with Crippen molar-refractivity contribution in [2.45, 2.75) is 20.4 Å². The highest BCUT2D eigenvalue weighted by Crippen LogP contribution is 2.33. The van der Waals surface area contributed by atoms with E-state index in [1.165, 1.54) is 5.69 Å². The van der Waals surface area contributed by atoms with Crippen LogP contribution < -0.4 is 14.5 Å². The molecule has 0 bridgehead atoms. The van der Waals surface area contributed by atoms with Crippen LogP contribution in [0.5, 0.6) is 5.75 Å². The Hall–Kier alpha value is -2.93. The van der Waals surface area contributed by atoms with Gasteiger partial charge < -0.3 is 28.7 Å². The number of ether oxygens (including phenoxy) is 2. The SMILES string of the molecule is C=CCn1c(C)c(N2CCOCC2)c(C)c1C(=O)N1CCN(c2ccccc2OC)CC1. The maximum atomic E-state index is 13.7. The van der Waals surface area contributed by atoms with Gasteiger partial charge >= 0.3 is 0 Å². The smallest absolute Gasteiger partial charge is 0.270 e. The van der Waals surface area contributed by atoms with Crippen molar-refractivity contribution >= 4 is 17.3 Å². The largest absolute Gasteiger partial charge is 0.495 e. The number of morpholine rings is 1. The van der Waals surface area contributed by atoms with E-state index in [-0.39, 0.29) is 5.91 Å². The number of para-hydroxylation sites is 2. The van der Waals surface area contributed by atoms with Crippen molar-refractivity contribution in [2.75, 3.05) is 69.4 Å². The Bertz CT molecular complexity index is 970. The molecule has 2 aliphatic heterocycles. The molecule has 172 valence electrons. The number of amides is 1. The molecule has 7 nitrogen and oxygen atoms in total. The summed E-state index contributed by atoms with van der Waals surface area (Å²) in [4.78, 5) is 20.3. The standard InChI is InChI=1S/C25H34N4O3/c1-5-10-29-20(3)23(27-15-17-32-18-16-27)19(2)24(29)25(30)28-13-11-26(12-14-28)21-8-6-7-9-22(21)31-4/h5-9H,1,10-18H2,2-4H3. The van der Waals surface area contributed by atoms with Crippen LogP contribution in [0, 0.1) is 13.8 Å². The van der Waals surface area contributed by atoms with Crippen molar-refractivity contribution < 1.29 is 14.3 Å². The molecule has 32 heavy (non-hydrogen) atoms. The number of rotatable bonds is 6. The number of hydrogen-bond acceptors (Lipinski definition) is 5. The van der Waals surface area contributed by atoms with Gasteiger partial charge in [-0.25, -0.2) is 0 Å². The molecule has 0 saturated carbocycles. The molecule has 0 spiro atoms. The zero-order valence-electron chi connectivity index (χ0n) is 19.5. The third kappa shape index (κ3) is 4.09. The highest BCUT2D eigenvalue weighted by atomic mass is 16.5. The Morgan fingerprint density at radius 2 is 1.75 bits per heavy atom. The first-order valence-corrected chi connectivity index (χ1v) is 11.4. The van der Waals surface area contributed by atoms with Crippen molar-refractivity contribution in [2.24, 2.45) is 0 Å². The number of allylic oxidation sites excluding steroid dienone is 1. The number of methoxy groups -OCH3 is 1. The zero-order chi connectivity index (χ0) is 22.7. The van der Waals surface area contributed by atoms with E-state index in [1.54, 1.807) is 7.11 Å². The second-order valence-corrected chi connectivity index (χ2v) is 8.36. The Morgan fingerprint density at radius 3 is 2.41 bits per heavy atom. The fourth-order valence-corrected chi connectivity index (χ4v) is 4.96. The molecule has 0 radical (unpaired) electrons. The topological polar surface area (TPSA) is 50.2 Å². The van der Waals surface area contributed by atoms with Gasteiger partial charge in [0.05, 0.1) is 31.7 Å². The minimum Gasteiger partial charge on any atom is -0.495 e. The Kier molecular flexibility index (Phi) is 6.74. The third-order valence-corrected chi connectivity index (χ3v) is 6.56. The van der Waals surface area contributed by atoms with Gasteiger partial charge in [-0.1, -0.05) is 18.2 Å². The first-order valence-electron chi connectivity index (χ1n) is 11.4. The van der Waals surface area contributed by atoms with Gasteiger partial charge in [-0.2, -0.15) is 0 Å². The quantitative estimate of drug-likeness (QED) is 0.649. The van der Waals surface area contributed by atoms with Gasteiger partial charge in [-0.05, 0) is 26.0 Å². The minimum atomic E-state index is 0.103. The number of carbonyl (C=O) groups is 1. The molecule has 1 amide bonds. The fraction of sp³-hybridized carbons (Fsp3) is 0.480. The number of anilines is 2. The number of hydrogen-bond donors (Lipinski definition) is 0. The highest BCUT2D eigenvalue weighted by molar-refractivity contribution is 5.97. The van der Waals surface area contributed by atoms with Crippen molar-refractivity contribution in [1.82, 2.24) is 9.47 Å². The van der Waals surface area contributed by atoms with Crippen molar-refractivity contribution in [3.8, 4) is 5.75 Å². The van der Waals surface area contributed by atoms with Crippen molar-refractivity contribution in [1.29, 1.82) is 0 Å². The van der Waals surface area contributed by atoms with Crippen LogP contribution in [0.15, 0.2) is 36.9 Å². The molecule has 0 atom stereocenters. The zero-order valence-corrected chi connectivity index (χ0v) is 19.5. The molecule has 0 unspecified atom stereocenters. The molecule has 1 aromatic carbocycles. The molecule has 2 aromatic rings. The number of benzene rings is 1. The van der Waals surface area contributed by atoms with Gasteiger partial charge in [-0.15, -0.1) is 6.58 Å². The normalized spacial score (nSPS) is 16.9. The molecule has 7 heteroatoms. The van der Waals surface area contributed by atoms with E-state index >= 15 is 0 Å². The summed E-state index contributed by atoms with van der Waals surface area (Å²) in [5, 5.41) is 0. The van der Waals surface area contributed by atoms with Gasteiger partial charge in [0.15, 0.2) is 0 Å². The Morgan fingerprint density at radius 1 is 1.06 bits per heavy atom. The average Bonchev–Trinajstić information content (AvgIpc) is 3.08. The van der Waals surface area contributed by atoms with Crippen LogP contribution in [0.2, 0.25) is 0 Å². The van der Waals surface area contributed by atoms with E-state index in [1.807, 2.05) is 29.2 Å². The van der Waals surface area contributed by atoms with E-state index in [4.69, 9.17) is 9.47 Å². The van der Waals surface area contributed by atoms with Crippen LogP contribution >= 0.6 is 0 Å². The second kappa shape index (κ2) is 9.69. The lowest BCUT2D eigenvalue weighted by atomic mass is 10.1. The van der Waals surface area contributed by atoms with Gasteiger partial charge in [0.25, 0.3) is 5.91 Å².